The molecule has 0 aromatic heterocycles. The van der Waals surface area contributed by atoms with Crippen LogP contribution in [0.25, 0.3) is 0 Å². The number of likely N-dealkylation sites (N-methyl/N-ethyl adjacent to an activating group) is 1. The maximum atomic E-state index is 11.9. The number of nitrogens with zero attached hydrogens (tertiary/aromatic N) is 1. The minimum absolute atomic E-state index is 0.000267. The lowest BCUT2D eigenvalue weighted by molar-refractivity contribution is -0.117. The van der Waals surface area contributed by atoms with Crippen LogP contribution >= 0.6 is 0 Å². The van der Waals surface area contributed by atoms with Crippen molar-refractivity contribution in [1.29, 1.82) is 0 Å². The van der Waals surface area contributed by atoms with Crippen molar-refractivity contribution >= 4 is 5.91 Å². The zero-order valence-electron chi connectivity index (χ0n) is 11.0. The minimum Gasteiger partial charge on any atom is -0.505 e. The van der Waals surface area contributed by atoms with Gasteiger partial charge < -0.3 is 15.3 Å². The van der Waals surface area contributed by atoms with Crippen LogP contribution in [0.5, 0.6) is 0 Å². The van der Waals surface area contributed by atoms with E-state index in [1.54, 1.807) is 11.9 Å². The number of carbonyl (C=O) groups is 1. The first-order valence-electron chi connectivity index (χ1n) is 6.24. The molecule has 1 aromatic carbocycles. The van der Waals surface area contributed by atoms with E-state index in [1.807, 2.05) is 30.3 Å². The molecular formula is C15H18N2O2. The number of benzene rings is 1. The molecule has 2 N–H and O–H groups in total. The van der Waals surface area contributed by atoms with E-state index >= 15 is 0 Å². The first kappa shape index (κ1) is 13.2. The van der Waals surface area contributed by atoms with Gasteiger partial charge in [-0.15, -0.1) is 0 Å². The Morgan fingerprint density at radius 3 is 2.68 bits per heavy atom. The Morgan fingerprint density at radius 2 is 2.11 bits per heavy atom. The van der Waals surface area contributed by atoms with Gasteiger partial charge in [-0.25, -0.2) is 0 Å². The van der Waals surface area contributed by atoms with E-state index in [4.69, 9.17) is 0 Å². The molecule has 0 unspecified atom stereocenters. The number of amides is 1. The lowest BCUT2D eigenvalue weighted by Gasteiger charge is -2.11. The number of carbonyl (C=O) groups excluding carboxylic acids is 1. The molecule has 0 radical (unpaired) electrons. The Bertz CT molecular complexity index is 520. The lowest BCUT2D eigenvalue weighted by Crippen LogP contribution is -2.29. The number of aliphatic hydroxyl groups is 1. The molecule has 19 heavy (non-hydrogen) atoms. The van der Waals surface area contributed by atoms with E-state index in [1.165, 1.54) is 5.56 Å². The largest absolute Gasteiger partial charge is 0.505 e. The van der Waals surface area contributed by atoms with Crippen molar-refractivity contribution in [3.05, 3.63) is 59.5 Å². The fourth-order valence-corrected chi connectivity index (χ4v) is 2.01. The van der Waals surface area contributed by atoms with Gasteiger partial charge in [0.2, 0.25) is 0 Å². The van der Waals surface area contributed by atoms with Crippen molar-refractivity contribution in [3.8, 4) is 0 Å². The molecule has 0 saturated heterocycles. The first-order chi connectivity index (χ1) is 9.09. The molecule has 0 spiro atoms. The highest BCUT2D eigenvalue weighted by atomic mass is 16.3. The maximum Gasteiger partial charge on any atom is 0.252 e. The molecule has 2 rings (SSSR count). The van der Waals surface area contributed by atoms with Crippen LogP contribution in [0.1, 0.15) is 5.56 Å². The van der Waals surface area contributed by atoms with Gasteiger partial charge in [-0.3, -0.25) is 4.79 Å². The van der Waals surface area contributed by atoms with Gasteiger partial charge in [0.15, 0.2) is 0 Å². The Balaban J connectivity index is 1.87. The van der Waals surface area contributed by atoms with Gasteiger partial charge >= 0.3 is 0 Å². The number of aliphatic hydroxyl groups excluding tert-OH is 1. The third-order valence-electron chi connectivity index (χ3n) is 3.23. The normalized spacial score (nSPS) is 15.0. The average molecular weight is 258 g/mol. The summed E-state index contributed by atoms with van der Waals surface area (Å²) in [5, 5.41) is 12.6. The topological polar surface area (TPSA) is 52.6 Å². The molecular weight excluding hydrogens is 240 g/mol. The summed E-state index contributed by atoms with van der Waals surface area (Å²) in [5.74, 6) is -0.223. The summed E-state index contributed by atoms with van der Waals surface area (Å²) in [6.07, 6.45) is 0.775. The van der Waals surface area contributed by atoms with Crippen molar-refractivity contribution in [3.63, 3.8) is 0 Å². The minimum atomic E-state index is -0.223. The van der Waals surface area contributed by atoms with Crippen LogP contribution in [-0.4, -0.2) is 36.1 Å². The third-order valence-corrected chi connectivity index (χ3v) is 3.23. The summed E-state index contributed by atoms with van der Waals surface area (Å²) < 4.78 is 0. The number of nitrogens with one attached hydrogen (secondary N) is 1. The summed E-state index contributed by atoms with van der Waals surface area (Å²) in [5.41, 5.74) is 2.06. The number of hydrogen-bond acceptors (Lipinski definition) is 3. The Morgan fingerprint density at radius 1 is 1.42 bits per heavy atom. The molecule has 0 bridgehead atoms. The van der Waals surface area contributed by atoms with Gasteiger partial charge in [-0.2, -0.15) is 0 Å². The van der Waals surface area contributed by atoms with Gasteiger partial charge in [0.1, 0.15) is 5.76 Å². The Labute approximate surface area is 113 Å². The summed E-state index contributed by atoms with van der Waals surface area (Å²) in [4.78, 5) is 13.7. The van der Waals surface area contributed by atoms with Crippen LogP contribution in [0.2, 0.25) is 0 Å². The number of hydrogen-bond donors (Lipinski definition) is 2. The van der Waals surface area contributed by atoms with E-state index < -0.39 is 0 Å². The highest BCUT2D eigenvalue weighted by Crippen LogP contribution is 2.22. The molecule has 1 aliphatic heterocycles. The van der Waals surface area contributed by atoms with Crippen LogP contribution in [0.15, 0.2) is 53.9 Å². The lowest BCUT2D eigenvalue weighted by atomic mass is 10.1. The molecule has 1 aliphatic rings. The van der Waals surface area contributed by atoms with Crippen LogP contribution in [-0.2, 0) is 11.2 Å². The Kier molecular flexibility index (Phi) is 3.90. The fraction of sp³-hybridized carbons (Fsp3) is 0.267. The van der Waals surface area contributed by atoms with Crippen molar-refractivity contribution in [2.75, 3.05) is 20.1 Å². The molecule has 0 aliphatic carbocycles. The third kappa shape index (κ3) is 2.96. The second-order valence-corrected chi connectivity index (χ2v) is 4.62. The van der Waals surface area contributed by atoms with Crippen LogP contribution in [0, 0.1) is 0 Å². The predicted octanol–water partition coefficient (Wildman–Crippen LogP) is 1.62. The summed E-state index contributed by atoms with van der Waals surface area (Å²) >= 11 is 0. The molecule has 1 heterocycles. The fourth-order valence-electron chi connectivity index (χ4n) is 2.01. The summed E-state index contributed by atoms with van der Waals surface area (Å²) in [6.45, 7) is 4.67. The van der Waals surface area contributed by atoms with E-state index in [2.05, 4.69) is 11.9 Å². The van der Waals surface area contributed by atoms with Crippen molar-refractivity contribution < 1.29 is 9.90 Å². The first-order valence-corrected chi connectivity index (χ1v) is 6.24. The van der Waals surface area contributed by atoms with Crippen molar-refractivity contribution in [2.45, 2.75) is 6.42 Å². The van der Waals surface area contributed by atoms with E-state index in [-0.39, 0.29) is 11.7 Å². The van der Waals surface area contributed by atoms with E-state index in [0.29, 0.717) is 24.4 Å². The maximum absolute atomic E-state index is 11.9. The second-order valence-electron chi connectivity index (χ2n) is 4.62. The van der Waals surface area contributed by atoms with Gasteiger partial charge in [-0.05, 0) is 12.0 Å². The quantitative estimate of drug-likeness (QED) is 0.863. The molecule has 0 atom stereocenters. The molecule has 100 valence electrons. The molecule has 4 heteroatoms. The van der Waals surface area contributed by atoms with Crippen LogP contribution in [0.3, 0.4) is 0 Å². The standard InChI is InChI=1S/C15H18N2O2/c1-11-14(18)13(10-17(11)2)15(19)16-9-8-12-6-4-3-5-7-12/h3-7,18H,1,8-10H2,2H3,(H,16,19). The SMILES string of the molecule is C=C1C(O)=C(C(=O)NCCc2ccccc2)CN1C. The van der Waals surface area contributed by atoms with Gasteiger partial charge in [0.05, 0.1) is 17.8 Å². The second kappa shape index (κ2) is 5.61. The highest BCUT2D eigenvalue weighted by Gasteiger charge is 2.26. The van der Waals surface area contributed by atoms with Crippen LogP contribution in [0.4, 0.5) is 0 Å². The molecule has 0 saturated carbocycles. The number of rotatable bonds is 4. The molecule has 1 amide bonds. The molecule has 0 fully saturated rings. The molecule has 4 nitrogen and oxygen atoms in total. The monoisotopic (exact) mass is 258 g/mol. The van der Waals surface area contributed by atoms with Gasteiger partial charge in [-0.1, -0.05) is 36.9 Å². The highest BCUT2D eigenvalue weighted by molar-refractivity contribution is 5.95. The molecule has 1 aromatic rings. The van der Waals surface area contributed by atoms with Crippen molar-refractivity contribution in [1.82, 2.24) is 10.2 Å². The summed E-state index contributed by atoms with van der Waals surface area (Å²) in [7, 11) is 1.79. The van der Waals surface area contributed by atoms with Gasteiger partial charge in [0.25, 0.3) is 5.91 Å². The van der Waals surface area contributed by atoms with E-state index in [9.17, 15) is 9.90 Å². The Hall–Kier alpha value is -2.23. The zero-order chi connectivity index (χ0) is 13.8. The predicted molar refractivity (Wildman–Crippen MR) is 74.6 cm³/mol. The van der Waals surface area contributed by atoms with Crippen LogP contribution < -0.4 is 5.32 Å². The van der Waals surface area contributed by atoms with E-state index in [0.717, 1.165) is 6.42 Å². The zero-order valence-corrected chi connectivity index (χ0v) is 11.0. The summed E-state index contributed by atoms with van der Waals surface area (Å²) in [6, 6.07) is 9.95. The average Bonchev–Trinajstić information content (AvgIpc) is 2.68. The van der Waals surface area contributed by atoms with Crippen molar-refractivity contribution in [2.24, 2.45) is 0 Å². The van der Waals surface area contributed by atoms with Gasteiger partial charge in [0, 0.05) is 13.6 Å². The smallest absolute Gasteiger partial charge is 0.252 e.